The van der Waals surface area contributed by atoms with Crippen molar-refractivity contribution >= 4 is 0 Å². The van der Waals surface area contributed by atoms with Gasteiger partial charge in [-0.05, 0) is 5.92 Å². The molecule has 6 nitrogen and oxygen atoms in total. The van der Waals surface area contributed by atoms with Crippen molar-refractivity contribution < 1.29 is 5.11 Å². The Hall–Kier alpha value is -1.40. The molecule has 0 aliphatic rings. The molecule has 18 heavy (non-hydrogen) atoms. The molecular formula is C12H21N3O3. The Morgan fingerprint density at radius 2 is 1.89 bits per heavy atom. The third-order valence-electron chi connectivity index (χ3n) is 3.05. The van der Waals surface area contributed by atoms with Crippen molar-refractivity contribution in [2.45, 2.75) is 26.5 Å². The van der Waals surface area contributed by atoms with Gasteiger partial charge in [0, 0.05) is 38.9 Å². The number of aliphatic hydroxyl groups is 1. The smallest absolute Gasteiger partial charge is 0.330 e. The van der Waals surface area contributed by atoms with Crippen LogP contribution < -0.4 is 16.6 Å². The van der Waals surface area contributed by atoms with Crippen molar-refractivity contribution in [3.63, 3.8) is 0 Å². The summed E-state index contributed by atoms with van der Waals surface area (Å²) in [4.78, 5) is 23.2. The van der Waals surface area contributed by atoms with E-state index >= 15 is 0 Å². The van der Waals surface area contributed by atoms with E-state index in [-0.39, 0.29) is 17.2 Å². The van der Waals surface area contributed by atoms with Crippen molar-refractivity contribution in [3.05, 3.63) is 32.6 Å². The molecule has 0 radical (unpaired) electrons. The van der Waals surface area contributed by atoms with Crippen molar-refractivity contribution in [2.24, 2.45) is 20.0 Å². The first-order valence-electron chi connectivity index (χ1n) is 5.99. The molecule has 0 bridgehead atoms. The lowest BCUT2D eigenvalue weighted by Crippen LogP contribution is -2.39. The molecule has 0 aromatic carbocycles. The number of aliphatic hydroxyl groups excluding tert-OH is 1. The zero-order valence-corrected chi connectivity index (χ0v) is 11.3. The topological polar surface area (TPSA) is 76.3 Å². The van der Waals surface area contributed by atoms with Crippen LogP contribution in [0.2, 0.25) is 0 Å². The minimum absolute atomic E-state index is 0.171. The highest BCUT2D eigenvalue weighted by atomic mass is 16.3. The lowest BCUT2D eigenvalue weighted by Gasteiger charge is -2.16. The molecule has 0 saturated heterocycles. The quantitative estimate of drug-likeness (QED) is 0.721. The lowest BCUT2D eigenvalue weighted by atomic mass is 10.1. The van der Waals surface area contributed by atoms with Gasteiger partial charge in [0.1, 0.15) is 0 Å². The van der Waals surface area contributed by atoms with E-state index in [2.05, 4.69) is 5.32 Å². The molecule has 1 unspecified atom stereocenters. The maximum absolute atomic E-state index is 11.7. The van der Waals surface area contributed by atoms with E-state index in [0.717, 1.165) is 4.57 Å². The summed E-state index contributed by atoms with van der Waals surface area (Å²) in [6.45, 7) is 4.67. The second-order valence-corrected chi connectivity index (χ2v) is 4.82. The van der Waals surface area contributed by atoms with Crippen LogP contribution in [-0.4, -0.2) is 26.9 Å². The van der Waals surface area contributed by atoms with Gasteiger partial charge in [-0.25, -0.2) is 4.79 Å². The first kappa shape index (κ1) is 14.7. The Morgan fingerprint density at radius 1 is 1.28 bits per heavy atom. The summed E-state index contributed by atoms with van der Waals surface area (Å²) in [5, 5.41) is 12.7. The van der Waals surface area contributed by atoms with Gasteiger partial charge in [0.25, 0.3) is 5.56 Å². The molecule has 1 aromatic rings. The normalized spacial score (nSPS) is 13.0. The van der Waals surface area contributed by atoms with Gasteiger partial charge in [0.2, 0.25) is 0 Å². The number of rotatable bonds is 5. The van der Waals surface area contributed by atoms with Crippen molar-refractivity contribution in [3.8, 4) is 0 Å². The number of nitrogens with zero attached hydrogens (tertiary/aromatic N) is 2. The first-order valence-corrected chi connectivity index (χ1v) is 5.99. The van der Waals surface area contributed by atoms with Crippen molar-refractivity contribution in [1.82, 2.24) is 14.5 Å². The molecule has 1 heterocycles. The summed E-state index contributed by atoms with van der Waals surface area (Å²) in [5.74, 6) is 0.171. The third kappa shape index (κ3) is 3.30. The van der Waals surface area contributed by atoms with Crippen LogP contribution in [0.1, 0.15) is 19.5 Å². The number of hydrogen-bond acceptors (Lipinski definition) is 4. The maximum atomic E-state index is 11.7. The number of aromatic nitrogens is 2. The molecule has 0 spiro atoms. The molecule has 0 amide bonds. The molecular weight excluding hydrogens is 234 g/mol. The maximum Gasteiger partial charge on any atom is 0.330 e. The Morgan fingerprint density at radius 3 is 2.44 bits per heavy atom. The average Bonchev–Trinajstić information content (AvgIpc) is 2.32. The summed E-state index contributed by atoms with van der Waals surface area (Å²) in [7, 11) is 3.07. The molecule has 0 fully saturated rings. The Kier molecular flexibility index (Phi) is 4.86. The summed E-state index contributed by atoms with van der Waals surface area (Å²) < 4.78 is 2.49. The SMILES string of the molecule is CC(C)C(O)CNCc1cc(=O)n(C)c(=O)n1C. The predicted molar refractivity (Wildman–Crippen MR) is 69.5 cm³/mol. The van der Waals surface area contributed by atoms with Gasteiger partial charge in [-0.2, -0.15) is 0 Å². The van der Waals surface area contributed by atoms with Gasteiger partial charge in [0.15, 0.2) is 0 Å². The highest BCUT2D eigenvalue weighted by Crippen LogP contribution is 1.99. The largest absolute Gasteiger partial charge is 0.392 e. The van der Waals surface area contributed by atoms with Crippen LogP contribution in [-0.2, 0) is 20.6 Å². The molecule has 2 N–H and O–H groups in total. The van der Waals surface area contributed by atoms with E-state index in [9.17, 15) is 14.7 Å². The predicted octanol–water partition coefficient (Wildman–Crippen LogP) is -0.809. The third-order valence-corrected chi connectivity index (χ3v) is 3.05. The zero-order chi connectivity index (χ0) is 13.9. The zero-order valence-electron chi connectivity index (χ0n) is 11.3. The Balaban J connectivity index is 2.75. The summed E-state index contributed by atoms with van der Waals surface area (Å²) >= 11 is 0. The molecule has 0 aliphatic carbocycles. The standard InChI is InChI=1S/C12H21N3O3/c1-8(2)10(16)7-13-6-9-5-11(17)15(4)12(18)14(9)3/h5,8,10,13,16H,6-7H2,1-4H3. The summed E-state index contributed by atoms with van der Waals surface area (Å²) in [5.41, 5.74) is -0.0536. The van der Waals surface area contributed by atoms with Gasteiger partial charge in [-0.3, -0.25) is 13.9 Å². The van der Waals surface area contributed by atoms with E-state index in [1.807, 2.05) is 13.8 Å². The van der Waals surface area contributed by atoms with Crippen molar-refractivity contribution in [1.29, 1.82) is 0 Å². The Labute approximate surface area is 106 Å². The fourth-order valence-electron chi connectivity index (χ4n) is 1.53. The van der Waals surface area contributed by atoms with Gasteiger partial charge in [-0.15, -0.1) is 0 Å². The Bertz CT molecular complexity index is 516. The molecule has 1 atom stereocenters. The fraction of sp³-hybridized carbons (Fsp3) is 0.667. The number of hydrogen-bond donors (Lipinski definition) is 2. The summed E-state index contributed by atoms with van der Waals surface area (Å²) in [6, 6.07) is 1.43. The van der Waals surface area contributed by atoms with E-state index in [1.54, 1.807) is 7.05 Å². The van der Waals surface area contributed by atoms with Crippen LogP contribution in [0.3, 0.4) is 0 Å². The van der Waals surface area contributed by atoms with Gasteiger partial charge in [0.05, 0.1) is 6.10 Å². The van der Waals surface area contributed by atoms with Crippen LogP contribution >= 0.6 is 0 Å². The van der Waals surface area contributed by atoms with Crippen LogP contribution in [0.4, 0.5) is 0 Å². The molecule has 6 heteroatoms. The minimum Gasteiger partial charge on any atom is -0.392 e. The van der Waals surface area contributed by atoms with Gasteiger partial charge in [-0.1, -0.05) is 13.8 Å². The van der Waals surface area contributed by atoms with E-state index in [0.29, 0.717) is 18.8 Å². The van der Waals surface area contributed by atoms with E-state index < -0.39 is 6.10 Å². The molecule has 0 saturated carbocycles. The van der Waals surface area contributed by atoms with Crippen LogP contribution in [0, 0.1) is 5.92 Å². The summed E-state index contributed by atoms with van der Waals surface area (Å²) in [6.07, 6.45) is -0.437. The van der Waals surface area contributed by atoms with Crippen molar-refractivity contribution in [2.75, 3.05) is 6.54 Å². The molecule has 1 rings (SSSR count). The second kappa shape index (κ2) is 5.97. The second-order valence-electron chi connectivity index (χ2n) is 4.82. The monoisotopic (exact) mass is 255 g/mol. The molecule has 102 valence electrons. The van der Waals surface area contributed by atoms with Crippen LogP contribution in [0.25, 0.3) is 0 Å². The lowest BCUT2D eigenvalue weighted by molar-refractivity contribution is 0.123. The van der Waals surface area contributed by atoms with Gasteiger partial charge >= 0.3 is 5.69 Å². The molecule has 0 aliphatic heterocycles. The fourth-order valence-corrected chi connectivity index (χ4v) is 1.53. The van der Waals surface area contributed by atoms with Gasteiger partial charge < -0.3 is 10.4 Å². The van der Waals surface area contributed by atoms with E-state index in [1.165, 1.54) is 17.7 Å². The first-order chi connectivity index (χ1) is 8.34. The van der Waals surface area contributed by atoms with Crippen LogP contribution in [0.5, 0.6) is 0 Å². The number of nitrogens with one attached hydrogen (secondary N) is 1. The van der Waals surface area contributed by atoms with Crippen LogP contribution in [0.15, 0.2) is 15.7 Å². The minimum atomic E-state index is -0.437. The van der Waals surface area contributed by atoms with E-state index in [4.69, 9.17) is 0 Å². The molecule has 1 aromatic heterocycles. The highest BCUT2D eigenvalue weighted by Gasteiger charge is 2.09. The average molecular weight is 255 g/mol. The highest BCUT2D eigenvalue weighted by molar-refractivity contribution is 5.01.